The van der Waals surface area contributed by atoms with Gasteiger partial charge in [0.25, 0.3) is 0 Å². The highest BCUT2D eigenvalue weighted by Crippen LogP contribution is 2.33. The Kier molecular flexibility index (Phi) is 5.14. The molecule has 0 aromatic carbocycles. The number of nitrogens with zero attached hydrogens (tertiary/aromatic N) is 2. The number of nitrogens with one attached hydrogen (secondary N) is 2. The number of ether oxygens (including phenoxy) is 1. The summed E-state index contributed by atoms with van der Waals surface area (Å²) >= 11 is 2.83. The molecular formula is C16H20N4O3S2. The maximum atomic E-state index is 12.8. The van der Waals surface area contributed by atoms with Gasteiger partial charge in [0, 0.05) is 11.7 Å². The topological polar surface area (TPSA) is 97.0 Å². The standard InChI is InChI=1S/C16H20N4O3S2/c1-7-11(14(22)23-4)8(2)17-12(7)13(21)9(3)24-16-20-19-15(25-16)18-10-5-6-10/h9-10,17H,5-6H2,1-4H3,(H,18,19)/t9-/m0/s1. The smallest absolute Gasteiger partial charge is 0.339 e. The highest BCUT2D eigenvalue weighted by atomic mass is 32.2. The highest BCUT2D eigenvalue weighted by molar-refractivity contribution is 8.02. The number of hydrogen-bond donors (Lipinski definition) is 2. The average molecular weight is 380 g/mol. The fourth-order valence-electron chi connectivity index (χ4n) is 2.53. The number of ketones is 1. The summed E-state index contributed by atoms with van der Waals surface area (Å²) in [5, 5.41) is 12.0. The van der Waals surface area contributed by atoms with Crippen molar-refractivity contribution in [2.75, 3.05) is 12.4 Å². The Bertz CT molecular complexity index is 810. The first-order valence-corrected chi connectivity index (χ1v) is 9.68. The maximum Gasteiger partial charge on any atom is 0.339 e. The van der Waals surface area contributed by atoms with Gasteiger partial charge in [0.05, 0.1) is 23.6 Å². The van der Waals surface area contributed by atoms with Crippen molar-refractivity contribution >= 4 is 40.0 Å². The third-order valence-corrected chi connectivity index (χ3v) is 6.07. The number of thioether (sulfide) groups is 1. The summed E-state index contributed by atoms with van der Waals surface area (Å²) in [7, 11) is 1.33. The number of anilines is 1. The minimum atomic E-state index is -0.439. The van der Waals surface area contributed by atoms with Crippen LogP contribution in [0.25, 0.3) is 0 Å². The van der Waals surface area contributed by atoms with Crippen molar-refractivity contribution in [1.82, 2.24) is 15.2 Å². The summed E-state index contributed by atoms with van der Waals surface area (Å²) < 4.78 is 5.54. The van der Waals surface area contributed by atoms with E-state index in [0.717, 1.165) is 9.47 Å². The monoisotopic (exact) mass is 380 g/mol. The van der Waals surface area contributed by atoms with E-state index in [1.54, 1.807) is 13.8 Å². The molecule has 134 valence electrons. The van der Waals surface area contributed by atoms with Crippen LogP contribution in [0, 0.1) is 13.8 Å². The lowest BCUT2D eigenvalue weighted by Crippen LogP contribution is -2.15. The van der Waals surface area contributed by atoms with E-state index in [1.807, 2.05) is 6.92 Å². The zero-order valence-corrected chi connectivity index (χ0v) is 16.1. The zero-order chi connectivity index (χ0) is 18.1. The Balaban J connectivity index is 1.71. The molecule has 1 aliphatic rings. The molecule has 0 aliphatic heterocycles. The number of rotatable bonds is 7. The average Bonchev–Trinajstić information content (AvgIpc) is 3.20. The van der Waals surface area contributed by atoms with E-state index < -0.39 is 5.97 Å². The normalized spacial score (nSPS) is 15.0. The van der Waals surface area contributed by atoms with Crippen LogP contribution in [-0.2, 0) is 4.74 Å². The van der Waals surface area contributed by atoms with Crippen LogP contribution in [0.15, 0.2) is 4.34 Å². The number of aromatic amines is 1. The molecule has 1 aliphatic carbocycles. The molecule has 0 amide bonds. The lowest BCUT2D eigenvalue weighted by molar-refractivity contribution is 0.0599. The van der Waals surface area contributed by atoms with E-state index >= 15 is 0 Å². The number of aromatic nitrogens is 3. The molecule has 0 radical (unpaired) electrons. The first kappa shape index (κ1) is 17.9. The number of carbonyl (C=O) groups is 2. The van der Waals surface area contributed by atoms with Gasteiger partial charge in [-0.2, -0.15) is 0 Å². The Morgan fingerprint density at radius 1 is 1.36 bits per heavy atom. The number of methoxy groups -OCH3 is 1. The minimum absolute atomic E-state index is 0.0762. The first-order chi connectivity index (χ1) is 11.9. The van der Waals surface area contributed by atoms with Crippen LogP contribution in [0.3, 0.4) is 0 Å². The van der Waals surface area contributed by atoms with Crippen LogP contribution in [0.5, 0.6) is 0 Å². The number of esters is 1. The molecule has 2 aromatic heterocycles. The van der Waals surface area contributed by atoms with Gasteiger partial charge in [0.2, 0.25) is 5.13 Å². The Labute approximate surface area is 153 Å². The lowest BCUT2D eigenvalue weighted by Gasteiger charge is -2.07. The molecule has 1 saturated carbocycles. The van der Waals surface area contributed by atoms with E-state index in [9.17, 15) is 9.59 Å². The Morgan fingerprint density at radius 2 is 2.08 bits per heavy atom. The van der Waals surface area contributed by atoms with Gasteiger partial charge in [-0.3, -0.25) is 4.79 Å². The fourth-order valence-corrected chi connectivity index (χ4v) is 4.56. The van der Waals surface area contributed by atoms with Crippen molar-refractivity contribution in [3.63, 3.8) is 0 Å². The fraction of sp³-hybridized carbons (Fsp3) is 0.500. The Hall–Kier alpha value is -1.87. The molecule has 0 spiro atoms. The van der Waals surface area contributed by atoms with Gasteiger partial charge in [-0.1, -0.05) is 23.1 Å². The van der Waals surface area contributed by atoms with E-state index in [-0.39, 0.29) is 11.0 Å². The van der Waals surface area contributed by atoms with Crippen molar-refractivity contribution in [3.8, 4) is 0 Å². The highest BCUT2D eigenvalue weighted by Gasteiger charge is 2.27. The summed E-state index contributed by atoms with van der Waals surface area (Å²) in [6.45, 7) is 5.34. The van der Waals surface area contributed by atoms with Gasteiger partial charge in [-0.05, 0) is 39.2 Å². The number of hydrogen-bond acceptors (Lipinski definition) is 8. The van der Waals surface area contributed by atoms with E-state index in [2.05, 4.69) is 20.5 Å². The van der Waals surface area contributed by atoms with Crippen LogP contribution in [0.1, 0.15) is 51.9 Å². The number of carbonyl (C=O) groups excluding carboxylic acids is 2. The summed E-state index contributed by atoms with van der Waals surface area (Å²) in [5.41, 5.74) is 2.13. The first-order valence-electron chi connectivity index (χ1n) is 7.99. The van der Waals surface area contributed by atoms with Crippen LogP contribution in [0.2, 0.25) is 0 Å². The van der Waals surface area contributed by atoms with Crippen LogP contribution in [-0.4, -0.2) is 45.3 Å². The van der Waals surface area contributed by atoms with Crippen molar-refractivity contribution in [2.24, 2.45) is 0 Å². The number of aryl methyl sites for hydroxylation is 1. The lowest BCUT2D eigenvalue weighted by atomic mass is 10.1. The summed E-state index contributed by atoms with van der Waals surface area (Å²) in [6.07, 6.45) is 2.34. The molecule has 1 atom stereocenters. The van der Waals surface area contributed by atoms with Gasteiger partial charge in [0.1, 0.15) is 0 Å². The SMILES string of the molecule is COC(=O)c1c(C)[nH]c(C(=O)[C@H](C)Sc2nnc(NC3CC3)s2)c1C. The molecule has 9 heteroatoms. The molecule has 2 aromatic rings. The van der Waals surface area contributed by atoms with Crippen molar-refractivity contribution in [2.45, 2.75) is 49.2 Å². The van der Waals surface area contributed by atoms with Gasteiger partial charge in [-0.15, -0.1) is 10.2 Å². The molecule has 7 nitrogen and oxygen atoms in total. The summed E-state index contributed by atoms with van der Waals surface area (Å²) in [4.78, 5) is 27.7. The van der Waals surface area contributed by atoms with E-state index in [4.69, 9.17) is 4.74 Å². The predicted octanol–water partition coefficient (Wildman–Crippen LogP) is 3.21. The second-order valence-electron chi connectivity index (χ2n) is 6.03. The third-order valence-electron chi connectivity index (χ3n) is 4.03. The van der Waals surface area contributed by atoms with Crippen molar-refractivity contribution in [3.05, 3.63) is 22.5 Å². The van der Waals surface area contributed by atoms with E-state index in [0.29, 0.717) is 28.6 Å². The molecule has 0 unspecified atom stereocenters. The minimum Gasteiger partial charge on any atom is -0.465 e. The zero-order valence-electron chi connectivity index (χ0n) is 14.5. The van der Waals surface area contributed by atoms with Crippen molar-refractivity contribution < 1.29 is 14.3 Å². The van der Waals surface area contributed by atoms with Crippen LogP contribution < -0.4 is 5.32 Å². The largest absolute Gasteiger partial charge is 0.465 e. The summed E-state index contributed by atoms with van der Waals surface area (Å²) in [5.74, 6) is -0.516. The predicted molar refractivity (Wildman–Crippen MR) is 97.8 cm³/mol. The molecular weight excluding hydrogens is 360 g/mol. The molecule has 2 N–H and O–H groups in total. The number of H-pyrrole nitrogens is 1. The molecule has 0 saturated heterocycles. The molecule has 3 rings (SSSR count). The van der Waals surface area contributed by atoms with Gasteiger partial charge < -0.3 is 15.0 Å². The second-order valence-corrected chi connectivity index (χ2v) is 8.60. The van der Waals surface area contributed by atoms with Gasteiger partial charge in [0.15, 0.2) is 10.1 Å². The van der Waals surface area contributed by atoms with E-state index in [1.165, 1.54) is 43.1 Å². The molecule has 2 heterocycles. The maximum absolute atomic E-state index is 12.8. The Morgan fingerprint density at radius 3 is 2.72 bits per heavy atom. The molecule has 0 bridgehead atoms. The van der Waals surface area contributed by atoms with Crippen LogP contribution in [0.4, 0.5) is 5.13 Å². The van der Waals surface area contributed by atoms with Gasteiger partial charge in [-0.25, -0.2) is 4.79 Å². The van der Waals surface area contributed by atoms with Gasteiger partial charge >= 0.3 is 5.97 Å². The van der Waals surface area contributed by atoms with Crippen molar-refractivity contribution in [1.29, 1.82) is 0 Å². The van der Waals surface area contributed by atoms with Crippen LogP contribution >= 0.6 is 23.1 Å². The third kappa shape index (κ3) is 3.87. The molecule has 1 fully saturated rings. The second kappa shape index (κ2) is 7.17. The summed E-state index contributed by atoms with van der Waals surface area (Å²) in [6, 6.07) is 0.520. The number of Topliss-reactive ketones (excluding diaryl/α,β-unsaturated/α-hetero) is 1. The molecule has 25 heavy (non-hydrogen) atoms. The quantitative estimate of drug-likeness (QED) is 0.432.